The highest BCUT2D eigenvalue weighted by molar-refractivity contribution is 9.09. The fourth-order valence-corrected chi connectivity index (χ4v) is 1.65. The number of halogens is 2. The second kappa shape index (κ2) is 4.53. The Hall–Kier alpha value is -1.23. The van der Waals surface area contributed by atoms with Gasteiger partial charge in [0, 0.05) is 5.56 Å². The molecule has 1 atom stereocenters. The minimum Gasteiger partial charge on any atom is -0.478 e. The molecule has 80 valence electrons. The van der Waals surface area contributed by atoms with Gasteiger partial charge in [-0.05, 0) is 19.1 Å². The normalized spacial score (nSPS) is 12.2. The molecule has 1 rings (SSSR count). The first-order chi connectivity index (χ1) is 6.95. The predicted molar refractivity (Wildman–Crippen MR) is 55.7 cm³/mol. The van der Waals surface area contributed by atoms with Gasteiger partial charge in [-0.1, -0.05) is 22.0 Å². The second-order valence-corrected chi connectivity index (χ2v) is 3.90. The molecule has 0 aromatic heterocycles. The molecular formula is C10H8BrFO3. The minimum absolute atomic E-state index is 0.127. The quantitative estimate of drug-likeness (QED) is 0.862. The first-order valence-corrected chi connectivity index (χ1v) is 5.03. The van der Waals surface area contributed by atoms with Gasteiger partial charge in [0.05, 0.1) is 5.56 Å². The summed E-state index contributed by atoms with van der Waals surface area (Å²) in [6, 6.07) is 3.68. The van der Waals surface area contributed by atoms with Gasteiger partial charge in [0.25, 0.3) is 0 Å². The van der Waals surface area contributed by atoms with Gasteiger partial charge >= 0.3 is 5.97 Å². The van der Waals surface area contributed by atoms with Crippen LogP contribution in [-0.2, 0) is 4.79 Å². The molecule has 0 saturated carbocycles. The first kappa shape index (κ1) is 11.8. The third-order valence-corrected chi connectivity index (χ3v) is 3.00. The predicted octanol–water partition coefficient (Wildman–Crippen LogP) is 2.55. The Bertz CT molecular complexity index is 417. The van der Waals surface area contributed by atoms with Gasteiger partial charge in [0.1, 0.15) is 16.4 Å². The molecule has 0 saturated heterocycles. The van der Waals surface area contributed by atoms with E-state index in [0.29, 0.717) is 0 Å². The molecule has 1 N–H and O–H groups in total. The summed E-state index contributed by atoms with van der Waals surface area (Å²) >= 11 is 2.97. The monoisotopic (exact) mass is 274 g/mol. The summed E-state index contributed by atoms with van der Waals surface area (Å²) in [5.74, 6) is -2.30. The summed E-state index contributed by atoms with van der Waals surface area (Å²) in [4.78, 5) is 20.9. The van der Waals surface area contributed by atoms with Crippen LogP contribution in [-0.4, -0.2) is 16.9 Å². The number of Topliss-reactive ketones (excluding diaryl/α,β-unsaturated/α-hetero) is 1. The first-order valence-electron chi connectivity index (χ1n) is 4.11. The number of carboxylic acid groups (broad SMARTS) is 1. The molecule has 15 heavy (non-hydrogen) atoms. The lowest BCUT2D eigenvalue weighted by atomic mass is 10.0. The number of carbonyl (C=O) groups excluding carboxylic acids is 1. The number of carboxylic acids is 1. The van der Waals surface area contributed by atoms with Crippen molar-refractivity contribution >= 4 is 27.7 Å². The summed E-state index contributed by atoms with van der Waals surface area (Å²) < 4.78 is 13.4. The molecular weight excluding hydrogens is 267 g/mol. The maximum Gasteiger partial charge on any atom is 0.336 e. The molecule has 0 fully saturated rings. The standard InChI is InChI=1S/C10H8BrFO3/c1-5(13)9(11)8-6(10(14)15)3-2-4-7(8)12/h2-4,9H,1H3,(H,14,15). The Kier molecular flexibility index (Phi) is 3.57. The highest BCUT2D eigenvalue weighted by atomic mass is 79.9. The molecule has 0 aliphatic heterocycles. The lowest BCUT2D eigenvalue weighted by molar-refractivity contribution is -0.116. The van der Waals surface area contributed by atoms with E-state index in [4.69, 9.17) is 5.11 Å². The van der Waals surface area contributed by atoms with Crippen LogP contribution in [0, 0.1) is 5.82 Å². The van der Waals surface area contributed by atoms with Crippen LogP contribution in [0.25, 0.3) is 0 Å². The van der Waals surface area contributed by atoms with E-state index >= 15 is 0 Å². The summed E-state index contributed by atoms with van der Waals surface area (Å²) in [5.41, 5.74) is -0.329. The number of ketones is 1. The lowest BCUT2D eigenvalue weighted by Crippen LogP contribution is -2.11. The molecule has 0 radical (unpaired) electrons. The van der Waals surface area contributed by atoms with Crippen molar-refractivity contribution in [1.29, 1.82) is 0 Å². The van der Waals surface area contributed by atoms with E-state index < -0.39 is 16.6 Å². The number of aromatic carboxylic acids is 1. The number of carbonyl (C=O) groups is 2. The highest BCUT2D eigenvalue weighted by Crippen LogP contribution is 2.29. The van der Waals surface area contributed by atoms with Crippen LogP contribution in [0.2, 0.25) is 0 Å². The Labute approximate surface area is 94.0 Å². The smallest absolute Gasteiger partial charge is 0.336 e. The molecule has 0 spiro atoms. The zero-order valence-electron chi connectivity index (χ0n) is 7.83. The van der Waals surface area contributed by atoms with E-state index in [9.17, 15) is 14.0 Å². The molecule has 0 bridgehead atoms. The van der Waals surface area contributed by atoms with Gasteiger partial charge in [-0.3, -0.25) is 4.79 Å². The average molecular weight is 275 g/mol. The Morgan fingerprint density at radius 2 is 2.07 bits per heavy atom. The van der Waals surface area contributed by atoms with E-state index in [1.807, 2.05) is 0 Å². The summed E-state index contributed by atoms with van der Waals surface area (Å²) in [6.45, 7) is 1.26. The third kappa shape index (κ3) is 2.41. The molecule has 1 aromatic carbocycles. The Morgan fingerprint density at radius 3 is 2.53 bits per heavy atom. The Balaban J connectivity index is 3.37. The fourth-order valence-electron chi connectivity index (χ4n) is 1.18. The maximum absolute atomic E-state index is 13.4. The van der Waals surface area contributed by atoms with Crippen LogP contribution in [0.3, 0.4) is 0 Å². The van der Waals surface area contributed by atoms with Crippen LogP contribution < -0.4 is 0 Å². The zero-order valence-corrected chi connectivity index (χ0v) is 9.42. The van der Waals surface area contributed by atoms with Crippen LogP contribution in [0.1, 0.15) is 27.7 Å². The van der Waals surface area contributed by atoms with E-state index in [1.54, 1.807) is 0 Å². The highest BCUT2D eigenvalue weighted by Gasteiger charge is 2.23. The number of benzene rings is 1. The molecule has 0 aliphatic carbocycles. The summed E-state index contributed by atoms with van der Waals surface area (Å²) in [6.07, 6.45) is 0. The van der Waals surface area contributed by atoms with Crippen LogP contribution >= 0.6 is 15.9 Å². The van der Waals surface area contributed by atoms with E-state index in [1.165, 1.54) is 19.1 Å². The van der Waals surface area contributed by atoms with Crippen LogP contribution in [0.5, 0.6) is 0 Å². The average Bonchev–Trinajstić information content (AvgIpc) is 2.16. The van der Waals surface area contributed by atoms with Crippen LogP contribution in [0.4, 0.5) is 4.39 Å². The summed E-state index contributed by atoms with van der Waals surface area (Å²) in [7, 11) is 0. The van der Waals surface area contributed by atoms with E-state index in [0.717, 1.165) is 6.07 Å². The van der Waals surface area contributed by atoms with Crippen molar-refractivity contribution in [3.8, 4) is 0 Å². The number of alkyl halides is 1. The topological polar surface area (TPSA) is 54.4 Å². The fraction of sp³-hybridized carbons (Fsp3) is 0.200. The second-order valence-electron chi connectivity index (χ2n) is 2.98. The van der Waals surface area contributed by atoms with Crippen molar-refractivity contribution in [2.24, 2.45) is 0 Å². The lowest BCUT2D eigenvalue weighted by Gasteiger charge is -2.10. The number of rotatable bonds is 3. The largest absolute Gasteiger partial charge is 0.478 e. The van der Waals surface area contributed by atoms with Gasteiger partial charge in [-0.15, -0.1) is 0 Å². The maximum atomic E-state index is 13.4. The minimum atomic E-state index is -1.25. The third-order valence-electron chi connectivity index (χ3n) is 1.89. The van der Waals surface area contributed by atoms with Gasteiger partial charge in [0.15, 0.2) is 0 Å². The molecule has 0 amide bonds. The van der Waals surface area contributed by atoms with Crippen molar-refractivity contribution in [2.75, 3.05) is 0 Å². The van der Waals surface area contributed by atoms with Crippen molar-refractivity contribution in [3.05, 3.63) is 35.1 Å². The molecule has 5 heteroatoms. The molecule has 0 heterocycles. The molecule has 3 nitrogen and oxygen atoms in total. The molecule has 0 aliphatic rings. The van der Waals surface area contributed by atoms with E-state index in [-0.39, 0.29) is 16.9 Å². The van der Waals surface area contributed by atoms with E-state index in [2.05, 4.69) is 15.9 Å². The molecule has 1 unspecified atom stereocenters. The van der Waals surface area contributed by atoms with Crippen molar-refractivity contribution < 1.29 is 19.1 Å². The van der Waals surface area contributed by atoms with Gasteiger partial charge in [-0.2, -0.15) is 0 Å². The SMILES string of the molecule is CC(=O)C(Br)c1c(F)cccc1C(=O)O. The van der Waals surface area contributed by atoms with Crippen molar-refractivity contribution in [2.45, 2.75) is 11.8 Å². The zero-order chi connectivity index (χ0) is 11.6. The van der Waals surface area contributed by atoms with Gasteiger partial charge in [0.2, 0.25) is 0 Å². The van der Waals surface area contributed by atoms with Gasteiger partial charge < -0.3 is 5.11 Å². The van der Waals surface area contributed by atoms with Gasteiger partial charge in [-0.25, -0.2) is 9.18 Å². The summed E-state index contributed by atoms with van der Waals surface area (Å²) in [5, 5.41) is 8.82. The van der Waals surface area contributed by atoms with Crippen molar-refractivity contribution in [3.63, 3.8) is 0 Å². The number of hydrogen-bond acceptors (Lipinski definition) is 2. The Morgan fingerprint density at radius 1 is 1.47 bits per heavy atom. The van der Waals surface area contributed by atoms with Crippen molar-refractivity contribution in [1.82, 2.24) is 0 Å². The number of hydrogen-bond donors (Lipinski definition) is 1. The van der Waals surface area contributed by atoms with Crippen LogP contribution in [0.15, 0.2) is 18.2 Å². The molecule has 1 aromatic rings.